The monoisotopic (exact) mass is 389 g/mol. The molecule has 1 atom stereocenters. The highest BCUT2D eigenvalue weighted by atomic mass is 32.1. The van der Waals surface area contributed by atoms with Crippen LogP contribution in [0.2, 0.25) is 0 Å². The van der Waals surface area contributed by atoms with Gasteiger partial charge < -0.3 is 14.8 Å². The number of likely N-dealkylation sites (N-methyl/N-ethyl adjacent to an activating group) is 1. The standard InChI is InChI=1S/C20H27N3O3S/c1-4-23-9-5-6-16(23)12-21-19(24)11-15-13-27-20(22-15)14-7-8-17(25-2)18(10-14)26-3/h7-8,10,13,16H,4-6,9,11-12H2,1-3H3,(H,21,24). The average molecular weight is 390 g/mol. The van der Waals surface area contributed by atoms with Crippen LogP contribution in [0.4, 0.5) is 0 Å². The molecule has 0 saturated carbocycles. The molecule has 1 saturated heterocycles. The molecule has 0 bridgehead atoms. The van der Waals surface area contributed by atoms with Crippen molar-refractivity contribution in [2.45, 2.75) is 32.2 Å². The summed E-state index contributed by atoms with van der Waals surface area (Å²) in [6, 6.07) is 6.18. The molecule has 1 aliphatic rings. The molecular formula is C20H27N3O3S. The van der Waals surface area contributed by atoms with Gasteiger partial charge in [-0.2, -0.15) is 0 Å². The van der Waals surface area contributed by atoms with Gasteiger partial charge in [0, 0.05) is 23.5 Å². The number of aromatic nitrogens is 1. The molecule has 27 heavy (non-hydrogen) atoms. The smallest absolute Gasteiger partial charge is 0.226 e. The summed E-state index contributed by atoms with van der Waals surface area (Å²) in [6.45, 7) is 5.07. The summed E-state index contributed by atoms with van der Waals surface area (Å²) in [4.78, 5) is 19.3. The molecule has 6 nitrogen and oxygen atoms in total. The molecule has 1 amide bonds. The Morgan fingerprint density at radius 3 is 2.89 bits per heavy atom. The predicted octanol–water partition coefficient (Wildman–Crippen LogP) is 2.97. The van der Waals surface area contributed by atoms with Gasteiger partial charge in [-0.3, -0.25) is 9.69 Å². The predicted molar refractivity (Wildman–Crippen MR) is 108 cm³/mol. The Balaban J connectivity index is 1.58. The fraction of sp³-hybridized carbons (Fsp3) is 0.500. The van der Waals surface area contributed by atoms with Crippen LogP contribution in [-0.2, 0) is 11.2 Å². The molecule has 1 aromatic carbocycles. The van der Waals surface area contributed by atoms with Gasteiger partial charge in [-0.1, -0.05) is 6.92 Å². The van der Waals surface area contributed by atoms with Crippen molar-refractivity contribution in [3.8, 4) is 22.1 Å². The fourth-order valence-corrected chi connectivity index (χ4v) is 4.31. The van der Waals surface area contributed by atoms with Crippen LogP contribution in [0.3, 0.4) is 0 Å². The molecule has 146 valence electrons. The third-order valence-corrected chi connectivity index (χ3v) is 5.90. The first-order valence-corrected chi connectivity index (χ1v) is 10.2. The van der Waals surface area contributed by atoms with Crippen LogP contribution < -0.4 is 14.8 Å². The number of thiazole rings is 1. The molecule has 1 fully saturated rings. The van der Waals surface area contributed by atoms with E-state index in [1.54, 1.807) is 14.2 Å². The molecule has 0 spiro atoms. The highest BCUT2D eigenvalue weighted by Crippen LogP contribution is 2.33. The number of methoxy groups -OCH3 is 2. The van der Waals surface area contributed by atoms with Crippen LogP contribution in [0.25, 0.3) is 10.6 Å². The van der Waals surface area contributed by atoms with E-state index < -0.39 is 0 Å². The van der Waals surface area contributed by atoms with Gasteiger partial charge in [-0.25, -0.2) is 4.98 Å². The van der Waals surface area contributed by atoms with Gasteiger partial charge in [0.1, 0.15) is 5.01 Å². The van der Waals surface area contributed by atoms with Crippen molar-refractivity contribution in [1.82, 2.24) is 15.2 Å². The number of amides is 1. The number of benzene rings is 1. The Morgan fingerprint density at radius 1 is 1.33 bits per heavy atom. The van der Waals surface area contributed by atoms with Crippen molar-refractivity contribution < 1.29 is 14.3 Å². The second-order valence-corrected chi connectivity index (χ2v) is 7.48. The molecule has 1 N–H and O–H groups in total. The van der Waals surface area contributed by atoms with Crippen molar-refractivity contribution in [2.75, 3.05) is 33.9 Å². The minimum atomic E-state index is 0.0297. The molecule has 0 radical (unpaired) electrons. The lowest BCUT2D eigenvalue weighted by Gasteiger charge is -2.22. The number of nitrogens with zero attached hydrogens (tertiary/aromatic N) is 2. The summed E-state index contributed by atoms with van der Waals surface area (Å²) < 4.78 is 10.6. The number of carbonyl (C=O) groups excluding carboxylic acids is 1. The minimum absolute atomic E-state index is 0.0297. The SMILES string of the molecule is CCN1CCCC1CNC(=O)Cc1csc(-c2ccc(OC)c(OC)c2)n1. The van der Waals surface area contributed by atoms with Crippen molar-refractivity contribution in [2.24, 2.45) is 0 Å². The van der Waals surface area contributed by atoms with Crippen molar-refractivity contribution >= 4 is 17.2 Å². The van der Waals surface area contributed by atoms with E-state index in [0.29, 0.717) is 24.0 Å². The number of hydrogen-bond acceptors (Lipinski definition) is 6. The summed E-state index contributed by atoms with van der Waals surface area (Å²) in [5, 5.41) is 5.88. The molecule has 1 unspecified atom stereocenters. The summed E-state index contributed by atoms with van der Waals surface area (Å²) in [6.07, 6.45) is 2.69. The van der Waals surface area contributed by atoms with Crippen LogP contribution >= 0.6 is 11.3 Å². The van der Waals surface area contributed by atoms with Crippen LogP contribution in [0, 0.1) is 0 Å². The van der Waals surface area contributed by atoms with E-state index in [2.05, 4.69) is 22.1 Å². The molecule has 1 aliphatic heterocycles. The van der Waals surface area contributed by atoms with E-state index in [1.807, 2.05) is 23.6 Å². The van der Waals surface area contributed by atoms with E-state index >= 15 is 0 Å². The summed E-state index contributed by atoms with van der Waals surface area (Å²) in [5.74, 6) is 1.38. The van der Waals surface area contributed by atoms with Crippen molar-refractivity contribution in [3.63, 3.8) is 0 Å². The van der Waals surface area contributed by atoms with Gasteiger partial charge in [0.25, 0.3) is 0 Å². The van der Waals surface area contributed by atoms with E-state index in [1.165, 1.54) is 17.8 Å². The lowest BCUT2D eigenvalue weighted by Crippen LogP contribution is -2.40. The largest absolute Gasteiger partial charge is 0.493 e. The Kier molecular flexibility index (Phi) is 6.68. The van der Waals surface area contributed by atoms with Crippen LogP contribution in [0.5, 0.6) is 11.5 Å². The first-order valence-electron chi connectivity index (χ1n) is 9.32. The second-order valence-electron chi connectivity index (χ2n) is 6.62. The molecule has 0 aliphatic carbocycles. The van der Waals surface area contributed by atoms with Gasteiger partial charge in [0.05, 0.1) is 26.3 Å². The first-order chi connectivity index (χ1) is 13.1. The maximum absolute atomic E-state index is 12.3. The fourth-order valence-electron chi connectivity index (χ4n) is 3.49. The lowest BCUT2D eigenvalue weighted by molar-refractivity contribution is -0.120. The number of hydrogen-bond donors (Lipinski definition) is 1. The van der Waals surface area contributed by atoms with E-state index in [-0.39, 0.29) is 5.91 Å². The molecule has 2 aromatic rings. The minimum Gasteiger partial charge on any atom is -0.493 e. The van der Waals surface area contributed by atoms with Crippen LogP contribution in [-0.4, -0.2) is 55.7 Å². The van der Waals surface area contributed by atoms with E-state index in [4.69, 9.17) is 9.47 Å². The molecule has 2 heterocycles. The van der Waals surface area contributed by atoms with Gasteiger partial charge in [-0.15, -0.1) is 11.3 Å². The number of nitrogens with one attached hydrogen (secondary N) is 1. The number of ether oxygens (including phenoxy) is 2. The van der Waals surface area contributed by atoms with Gasteiger partial charge in [0.15, 0.2) is 11.5 Å². The summed E-state index contributed by atoms with van der Waals surface area (Å²) >= 11 is 1.53. The average Bonchev–Trinajstić information content (AvgIpc) is 3.34. The van der Waals surface area contributed by atoms with E-state index in [9.17, 15) is 4.79 Å². The highest BCUT2D eigenvalue weighted by Gasteiger charge is 2.23. The quantitative estimate of drug-likeness (QED) is 0.752. The van der Waals surface area contributed by atoms with Gasteiger partial charge in [0.2, 0.25) is 5.91 Å². The third kappa shape index (κ3) is 4.78. The molecule has 1 aromatic heterocycles. The normalized spacial score (nSPS) is 17.1. The Hall–Kier alpha value is -2.12. The molecule has 7 heteroatoms. The zero-order valence-corrected chi connectivity index (χ0v) is 17.0. The van der Waals surface area contributed by atoms with E-state index in [0.717, 1.165) is 42.3 Å². The van der Waals surface area contributed by atoms with Crippen LogP contribution in [0.1, 0.15) is 25.5 Å². The molecular weight excluding hydrogens is 362 g/mol. The first kappa shape index (κ1) is 19.6. The zero-order chi connectivity index (χ0) is 19.2. The maximum atomic E-state index is 12.3. The summed E-state index contributed by atoms with van der Waals surface area (Å²) in [7, 11) is 3.23. The zero-order valence-electron chi connectivity index (χ0n) is 16.2. The number of rotatable bonds is 8. The second kappa shape index (κ2) is 9.19. The van der Waals surface area contributed by atoms with Gasteiger partial charge in [-0.05, 0) is 44.1 Å². The third-order valence-electron chi connectivity index (χ3n) is 4.96. The summed E-state index contributed by atoms with van der Waals surface area (Å²) in [5.41, 5.74) is 1.75. The lowest BCUT2D eigenvalue weighted by atomic mass is 10.2. The topological polar surface area (TPSA) is 63.7 Å². The Labute approximate surface area is 164 Å². The van der Waals surface area contributed by atoms with Crippen molar-refractivity contribution in [3.05, 3.63) is 29.3 Å². The number of likely N-dealkylation sites (tertiary alicyclic amines) is 1. The van der Waals surface area contributed by atoms with Crippen molar-refractivity contribution in [1.29, 1.82) is 0 Å². The molecule has 3 rings (SSSR count). The maximum Gasteiger partial charge on any atom is 0.226 e. The Morgan fingerprint density at radius 2 is 2.15 bits per heavy atom. The number of carbonyl (C=O) groups is 1. The highest BCUT2D eigenvalue weighted by molar-refractivity contribution is 7.13. The van der Waals surface area contributed by atoms with Gasteiger partial charge >= 0.3 is 0 Å². The van der Waals surface area contributed by atoms with Crippen LogP contribution in [0.15, 0.2) is 23.6 Å². The Bertz CT molecular complexity index is 778.